The summed E-state index contributed by atoms with van der Waals surface area (Å²) in [5, 5.41) is 3.21. The van der Waals surface area contributed by atoms with Gasteiger partial charge in [0.05, 0.1) is 12.2 Å². The predicted octanol–water partition coefficient (Wildman–Crippen LogP) is 1.82. The summed E-state index contributed by atoms with van der Waals surface area (Å²) in [4.78, 5) is 0. The molecule has 0 aliphatic heterocycles. The van der Waals surface area contributed by atoms with Gasteiger partial charge in [0.25, 0.3) is 0 Å². The first-order chi connectivity index (χ1) is 6.55. The van der Waals surface area contributed by atoms with Crippen molar-refractivity contribution in [3.05, 3.63) is 0 Å². The number of methoxy groups -OCH3 is 1. The van der Waals surface area contributed by atoms with E-state index in [1.54, 1.807) is 7.11 Å². The van der Waals surface area contributed by atoms with Crippen molar-refractivity contribution in [2.75, 3.05) is 27.4 Å². The quantitative estimate of drug-likeness (QED) is 0.610. The molecular formula is C11H25NO2. The second kappa shape index (κ2) is 7.21. The molecule has 0 aliphatic carbocycles. The van der Waals surface area contributed by atoms with Crippen LogP contribution in [0, 0.1) is 0 Å². The molecule has 1 N–H and O–H groups in total. The van der Waals surface area contributed by atoms with Crippen molar-refractivity contribution in [1.29, 1.82) is 0 Å². The topological polar surface area (TPSA) is 30.5 Å². The van der Waals surface area contributed by atoms with E-state index in [0.29, 0.717) is 6.04 Å². The van der Waals surface area contributed by atoms with Crippen LogP contribution in [0.1, 0.15) is 33.6 Å². The Labute approximate surface area is 88.2 Å². The molecule has 3 nitrogen and oxygen atoms in total. The minimum atomic E-state index is -0.0681. The van der Waals surface area contributed by atoms with Crippen molar-refractivity contribution < 1.29 is 9.47 Å². The third-order valence-corrected chi connectivity index (χ3v) is 2.62. The molecule has 0 aromatic carbocycles. The smallest absolute Gasteiger partial charge is 0.0644 e. The van der Waals surface area contributed by atoms with E-state index in [2.05, 4.69) is 26.1 Å². The molecule has 0 fully saturated rings. The van der Waals surface area contributed by atoms with Gasteiger partial charge in [-0.15, -0.1) is 0 Å². The molecule has 0 radical (unpaired) electrons. The SMILES string of the molecule is CCC(COCCC(C)(C)OC)NC. The van der Waals surface area contributed by atoms with Gasteiger partial charge in [-0.1, -0.05) is 6.92 Å². The highest BCUT2D eigenvalue weighted by molar-refractivity contribution is 4.67. The van der Waals surface area contributed by atoms with Crippen LogP contribution in [0.3, 0.4) is 0 Å². The van der Waals surface area contributed by atoms with Crippen molar-refractivity contribution in [3.8, 4) is 0 Å². The second-order valence-corrected chi connectivity index (χ2v) is 4.18. The lowest BCUT2D eigenvalue weighted by Gasteiger charge is -2.23. The summed E-state index contributed by atoms with van der Waals surface area (Å²) in [5.74, 6) is 0. The Kier molecular flexibility index (Phi) is 7.15. The van der Waals surface area contributed by atoms with E-state index in [0.717, 1.165) is 26.1 Å². The Morgan fingerprint density at radius 2 is 2.00 bits per heavy atom. The maximum Gasteiger partial charge on any atom is 0.0644 e. The highest BCUT2D eigenvalue weighted by Gasteiger charge is 2.15. The van der Waals surface area contributed by atoms with Gasteiger partial charge in [-0.2, -0.15) is 0 Å². The zero-order valence-electron chi connectivity index (χ0n) is 10.2. The number of ether oxygens (including phenoxy) is 2. The average Bonchev–Trinajstić information content (AvgIpc) is 2.18. The van der Waals surface area contributed by atoms with Gasteiger partial charge in [0.2, 0.25) is 0 Å². The van der Waals surface area contributed by atoms with Crippen LogP contribution in [0.25, 0.3) is 0 Å². The summed E-state index contributed by atoms with van der Waals surface area (Å²) in [6.07, 6.45) is 2.04. The summed E-state index contributed by atoms with van der Waals surface area (Å²) >= 11 is 0. The Morgan fingerprint density at radius 1 is 1.36 bits per heavy atom. The van der Waals surface area contributed by atoms with E-state index < -0.39 is 0 Å². The first kappa shape index (κ1) is 13.9. The number of hydrogen-bond acceptors (Lipinski definition) is 3. The molecule has 3 heteroatoms. The van der Waals surface area contributed by atoms with Gasteiger partial charge >= 0.3 is 0 Å². The van der Waals surface area contributed by atoms with Crippen LogP contribution in [0.5, 0.6) is 0 Å². The van der Waals surface area contributed by atoms with E-state index in [-0.39, 0.29) is 5.60 Å². The maximum atomic E-state index is 5.57. The highest BCUT2D eigenvalue weighted by Crippen LogP contribution is 2.12. The zero-order valence-corrected chi connectivity index (χ0v) is 10.2. The first-order valence-corrected chi connectivity index (χ1v) is 5.36. The molecule has 0 aromatic rings. The van der Waals surface area contributed by atoms with Crippen molar-refractivity contribution in [2.24, 2.45) is 0 Å². The van der Waals surface area contributed by atoms with Crippen LogP contribution >= 0.6 is 0 Å². The van der Waals surface area contributed by atoms with Gasteiger partial charge in [-0.05, 0) is 33.7 Å². The molecule has 0 saturated heterocycles. The average molecular weight is 203 g/mol. The third-order valence-electron chi connectivity index (χ3n) is 2.62. The minimum absolute atomic E-state index is 0.0681. The molecule has 14 heavy (non-hydrogen) atoms. The van der Waals surface area contributed by atoms with Gasteiger partial charge in [0, 0.05) is 19.8 Å². The fraction of sp³-hybridized carbons (Fsp3) is 1.00. The fourth-order valence-corrected chi connectivity index (χ4v) is 1.05. The molecule has 0 aliphatic rings. The van der Waals surface area contributed by atoms with E-state index in [9.17, 15) is 0 Å². The van der Waals surface area contributed by atoms with Crippen molar-refractivity contribution >= 4 is 0 Å². The van der Waals surface area contributed by atoms with Crippen LogP contribution in [-0.2, 0) is 9.47 Å². The van der Waals surface area contributed by atoms with Gasteiger partial charge in [-0.3, -0.25) is 0 Å². The highest BCUT2D eigenvalue weighted by atomic mass is 16.5. The van der Waals surface area contributed by atoms with Crippen LogP contribution in [0.2, 0.25) is 0 Å². The first-order valence-electron chi connectivity index (χ1n) is 5.36. The van der Waals surface area contributed by atoms with Gasteiger partial charge in [0.1, 0.15) is 0 Å². The standard InChI is InChI=1S/C11H25NO2/c1-6-10(12-4)9-14-8-7-11(2,3)13-5/h10,12H,6-9H2,1-5H3. The maximum absolute atomic E-state index is 5.57. The van der Waals surface area contributed by atoms with Crippen LogP contribution < -0.4 is 5.32 Å². The molecule has 0 aromatic heterocycles. The number of rotatable bonds is 8. The van der Waals surface area contributed by atoms with Crippen LogP contribution in [0.4, 0.5) is 0 Å². The van der Waals surface area contributed by atoms with E-state index in [4.69, 9.17) is 9.47 Å². The Morgan fingerprint density at radius 3 is 2.43 bits per heavy atom. The zero-order chi connectivity index (χ0) is 11.0. The second-order valence-electron chi connectivity index (χ2n) is 4.18. The molecule has 86 valence electrons. The van der Waals surface area contributed by atoms with Gasteiger partial charge in [-0.25, -0.2) is 0 Å². The lowest BCUT2D eigenvalue weighted by atomic mass is 10.1. The van der Waals surface area contributed by atoms with Crippen LogP contribution in [0.15, 0.2) is 0 Å². The summed E-state index contributed by atoms with van der Waals surface area (Å²) in [7, 11) is 3.71. The van der Waals surface area contributed by atoms with Crippen molar-refractivity contribution in [2.45, 2.75) is 45.3 Å². The van der Waals surface area contributed by atoms with Gasteiger partial charge < -0.3 is 14.8 Å². The van der Waals surface area contributed by atoms with E-state index in [1.165, 1.54) is 0 Å². The van der Waals surface area contributed by atoms with Crippen LogP contribution in [-0.4, -0.2) is 39.0 Å². The summed E-state index contributed by atoms with van der Waals surface area (Å²) in [6.45, 7) is 7.85. The van der Waals surface area contributed by atoms with Gasteiger partial charge in [0.15, 0.2) is 0 Å². The normalized spacial score (nSPS) is 14.4. The molecule has 0 rings (SSSR count). The monoisotopic (exact) mass is 203 g/mol. The molecule has 1 atom stereocenters. The largest absolute Gasteiger partial charge is 0.380 e. The Hall–Kier alpha value is -0.120. The molecule has 0 heterocycles. The Bertz CT molecular complexity index is 133. The fourth-order valence-electron chi connectivity index (χ4n) is 1.05. The predicted molar refractivity (Wildman–Crippen MR) is 59.7 cm³/mol. The lowest BCUT2D eigenvalue weighted by Crippen LogP contribution is -2.31. The summed E-state index contributed by atoms with van der Waals surface area (Å²) in [6, 6.07) is 0.473. The number of hydrogen-bond donors (Lipinski definition) is 1. The summed E-state index contributed by atoms with van der Waals surface area (Å²) < 4.78 is 10.9. The molecule has 1 unspecified atom stereocenters. The number of likely N-dealkylation sites (N-methyl/N-ethyl adjacent to an activating group) is 1. The molecular weight excluding hydrogens is 178 g/mol. The molecule has 0 spiro atoms. The summed E-state index contributed by atoms with van der Waals surface area (Å²) in [5.41, 5.74) is -0.0681. The molecule has 0 bridgehead atoms. The van der Waals surface area contributed by atoms with E-state index >= 15 is 0 Å². The molecule has 0 saturated carbocycles. The van der Waals surface area contributed by atoms with E-state index in [1.807, 2.05) is 7.05 Å². The van der Waals surface area contributed by atoms with Crippen molar-refractivity contribution in [3.63, 3.8) is 0 Å². The third kappa shape index (κ3) is 6.35. The lowest BCUT2D eigenvalue weighted by molar-refractivity contribution is -0.0122. The van der Waals surface area contributed by atoms with Crippen molar-refractivity contribution in [1.82, 2.24) is 5.32 Å². The Balaban J connectivity index is 3.45. The molecule has 0 amide bonds. The number of nitrogens with one attached hydrogen (secondary N) is 1. The minimum Gasteiger partial charge on any atom is -0.380 e.